The summed E-state index contributed by atoms with van der Waals surface area (Å²) < 4.78 is 1.76. The predicted octanol–water partition coefficient (Wildman–Crippen LogP) is 2.70. The fourth-order valence-electron chi connectivity index (χ4n) is 4.01. The Labute approximate surface area is 154 Å². The first-order valence-corrected chi connectivity index (χ1v) is 9.75. The molecule has 26 heavy (non-hydrogen) atoms. The minimum absolute atomic E-state index is 0.00369. The highest BCUT2D eigenvalue weighted by atomic mass is 32.1. The molecular weight excluding hydrogens is 348 g/mol. The lowest BCUT2D eigenvalue weighted by Gasteiger charge is -2.28. The zero-order valence-electron chi connectivity index (χ0n) is 14.5. The summed E-state index contributed by atoms with van der Waals surface area (Å²) in [5.41, 5.74) is 2.59. The molecule has 0 aromatic carbocycles. The Morgan fingerprint density at radius 3 is 2.96 bits per heavy atom. The van der Waals surface area contributed by atoms with Crippen molar-refractivity contribution >= 4 is 33.1 Å². The van der Waals surface area contributed by atoms with E-state index in [1.807, 2.05) is 19.1 Å². The van der Waals surface area contributed by atoms with E-state index in [0.717, 1.165) is 55.0 Å². The minimum Gasteiger partial charge on any atom is -0.306 e. The number of nitrogens with zero attached hydrogens (tertiary/aromatic N) is 4. The van der Waals surface area contributed by atoms with Crippen LogP contribution in [-0.2, 0) is 19.4 Å². The molecule has 2 aliphatic heterocycles. The van der Waals surface area contributed by atoms with Crippen molar-refractivity contribution < 1.29 is 4.79 Å². The van der Waals surface area contributed by atoms with Crippen LogP contribution in [0.5, 0.6) is 0 Å². The Morgan fingerprint density at radius 1 is 1.23 bits per heavy atom. The summed E-state index contributed by atoms with van der Waals surface area (Å²) in [6.07, 6.45) is 5.35. The van der Waals surface area contributed by atoms with Gasteiger partial charge < -0.3 is 4.90 Å². The maximum atomic E-state index is 13.3. The third-order valence-electron chi connectivity index (χ3n) is 5.30. The van der Waals surface area contributed by atoms with Crippen molar-refractivity contribution in [2.24, 2.45) is 0 Å². The van der Waals surface area contributed by atoms with Crippen LogP contribution in [0.2, 0.25) is 0 Å². The lowest BCUT2D eigenvalue weighted by Crippen LogP contribution is -2.35. The van der Waals surface area contributed by atoms with Crippen molar-refractivity contribution in [2.45, 2.75) is 39.2 Å². The van der Waals surface area contributed by atoms with E-state index >= 15 is 0 Å². The molecule has 3 aromatic heterocycles. The number of hydrogen-bond donors (Lipinski definition) is 0. The number of pyridine rings is 1. The average Bonchev–Trinajstić information content (AvgIpc) is 3.26. The number of carbonyl (C=O) groups excluding carboxylic acids is 1. The molecule has 0 saturated heterocycles. The quantitative estimate of drug-likeness (QED) is 0.664. The summed E-state index contributed by atoms with van der Waals surface area (Å²) in [7, 11) is 0. The van der Waals surface area contributed by atoms with Gasteiger partial charge in [-0.05, 0) is 43.9 Å². The van der Waals surface area contributed by atoms with Gasteiger partial charge in [0.15, 0.2) is 0 Å². The topological polar surface area (TPSA) is 68.1 Å². The zero-order chi connectivity index (χ0) is 17.8. The molecule has 3 aromatic rings. The lowest BCUT2D eigenvalue weighted by molar-refractivity contribution is 0.0988. The number of anilines is 1. The molecule has 1 amide bonds. The Kier molecular flexibility index (Phi) is 3.46. The molecule has 0 N–H and O–H groups in total. The highest BCUT2D eigenvalue weighted by Crippen LogP contribution is 2.33. The van der Waals surface area contributed by atoms with Gasteiger partial charge in [-0.1, -0.05) is 0 Å². The molecule has 0 saturated carbocycles. The molecule has 7 heteroatoms. The molecule has 5 heterocycles. The van der Waals surface area contributed by atoms with E-state index in [-0.39, 0.29) is 11.5 Å². The van der Waals surface area contributed by atoms with Gasteiger partial charge in [0.25, 0.3) is 11.5 Å². The molecule has 0 aliphatic carbocycles. The van der Waals surface area contributed by atoms with Crippen molar-refractivity contribution in [3.05, 3.63) is 50.6 Å². The summed E-state index contributed by atoms with van der Waals surface area (Å²) in [5.74, 6) is 0.791. The van der Waals surface area contributed by atoms with Gasteiger partial charge in [0, 0.05) is 25.7 Å². The summed E-state index contributed by atoms with van der Waals surface area (Å²) in [4.78, 5) is 38.3. The first-order chi connectivity index (χ1) is 12.6. The van der Waals surface area contributed by atoms with Crippen LogP contribution in [0.1, 0.15) is 39.6 Å². The van der Waals surface area contributed by atoms with Crippen LogP contribution in [0.15, 0.2) is 23.1 Å². The van der Waals surface area contributed by atoms with Gasteiger partial charge in [0.1, 0.15) is 10.7 Å². The molecule has 0 bridgehead atoms. The Hall–Kier alpha value is -2.54. The van der Waals surface area contributed by atoms with Crippen molar-refractivity contribution in [1.82, 2.24) is 14.5 Å². The van der Waals surface area contributed by atoms with E-state index in [4.69, 9.17) is 0 Å². The second-order valence-corrected chi connectivity index (χ2v) is 7.85. The highest BCUT2D eigenvalue weighted by molar-refractivity contribution is 7.20. The Balaban J connectivity index is 1.64. The highest BCUT2D eigenvalue weighted by Gasteiger charge is 2.29. The first kappa shape index (κ1) is 15.7. The van der Waals surface area contributed by atoms with Gasteiger partial charge in [-0.3, -0.25) is 19.1 Å². The Morgan fingerprint density at radius 2 is 2.08 bits per heavy atom. The van der Waals surface area contributed by atoms with Gasteiger partial charge in [-0.15, -0.1) is 11.3 Å². The first-order valence-electron chi connectivity index (χ1n) is 8.93. The third kappa shape index (κ3) is 2.16. The summed E-state index contributed by atoms with van der Waals surface area (Å²) in [6.45, 7) is 3.26. The summed E-state index contributed by atoms with van der Waals surface area (Å²) in [5, 5.41) is 0.604. The summed E-state index contributed by atoms with van der Waals surface area (Å²) in [6, 6.07) is 3.81. The average molecular weight is 366 g/mol. The van der Waals surface area contributed by atoms with E-state index < -0.39 is 0 Å². The number of hydrogen-bond acceptors (Lipinski definition) is 5. The second-order valence-electron chi connectivity index (χ2n) is 6.85. The third-order valence-corrected chi connectivity index (χ3v) is 6.48. The molecular formula is C19H18N4O2S. The van der Waals surface area contributed by atoms with Crippen molar-refractivity contribution in [3.63, 3.8) is 0 Å². The number of aromatic nitrogens is 3. The number of amides is 1. The molecule has 2 aliphatic rings. The van der Waals surface area contributed by atoms with Gasteiger partial charge in [0.05, 0.1) is 21.6 Å². The molecule has 0 radical (unpaired) electrons. The van der Waals surface area contributed by atoms with Crippen LogP contribution in [0.4, 0.5) is 5.69 Å². The predicted molar refractivity (Wildman–Crippen MR) is 101 cm³/mol. The maximum Gasteiger partial charge on any atom is 0.268 e. The molecule has 6 nitrogen and oxygen atoms in total. The number of rotatable bonds is 1. The number of fused-ring (bicyclic) bond motifs is 3. The molecule has 0 fully saturated rings. The number of carbonyl (C=O) groups is 1. The van der Waals surface area contributed by atoms with Crippen LogP contribution >= 0.6 is 11.3 Å². The number of aryl methyl sites for hydroxylation is 3. The normalized spacial score (nSPS) is 16.0. The standard InChI is InChI=1S/C19H18N4O2S/c1-11-15-17(21-14-7-4-10-23(14)18(15)24)26-16(11)19(25)22-9-3-5-12-13(22)6-2-8-20-12/h2,6,8H,3-5,7,9-10H2,1H3. The van der Waals surface area contributed by atoms with Crippen molar-refractivity contribution in [2.75, 3.05) is 11.4 Å². The molecule has 0 spiro atoms. The monoisotopic (exact) mass is 366 g/mol. The van der Waals surface area contributed by atoms with Crippen LogP contribution in [-0.4, -0.2) is 27.0 Å². The summed E-state index contributed by atoms with van der Waals surface area (Å²) >= 11 is 1.34. The van der Waals surface area contributed by atoms with Crippen molar-refractivity contribution in [3.8, 4) is 0 Å². The zero-order valence-corrected chi connectivity index (χ0v) is 15.3. The van der Waals surface area contributed by atoms with Gasteiger partial charge in [0.2, 0.25) is 0 Å². The molecule has 5 rings (SSSR count). The van der Waals surface area contributed by atoms with Gasteiger partial charge in [-0.2, -0.15) is 0 Å². The van der Waals surface area contributed by atoms with E-state index in [9.17, 15) is 9.59 Å². The van der Waals surface area contributed by atoms with Gasteiger partial charge in [-0.25, -0.2) is 4.98 Å². The second kappa shape index (κ2) is 5.74. The maximum absolute atomic E-state index is 13.3. The Bertz CT molecular complexity index is 1110. The van der Waals surface area contributed by atoms with E-state index in [0.29, 0.717) is 21.6 Å². The largest absolute Gasteiger partial charge is 0.306 e. The SMILES string of the molecule is Cc1c(C(=O)N2CCCc3ncccc32)sc2nc3n(c(=O)c12)CCC3. The van der Waals surface area contributed by atoms with Gasteiger partial charge >= 0.3 is 0 Å². The van der Waals surface area contributed by atoms with Crippen LogP contribution in [0.3, 0.4) is 0 Å². The molecule has 0 unspecified atom stereocenters. The number of thiophene rings is 1. The van der Waals surface area contributed by atoms with E-state index in [2.05, 4.69) is 9.97 Å². The van der Waals surface area contributed by atoms with E-state index in [1.54, 1.807) is 15.7 Å². The van der Waals surface area contributed by atoms with Crippen molar-refractivity contribution in [1.29, 1.82) is 0 Å². The smallest absolute Gasteiger partial charge is 0.268 e. The minimum atomic E-state index is -0.0518. The van der Waals surface area contributed by atoms with Crippen LogP contribution in [0, 0.1) is 6.92 Å². The van der Waals surface area contributed by atoms with Crippen LogP contribution in [0.25, 0.3) is 10.2 Å². The fourth-order valence-corrected chi connectivity index (χ4v) is 5.15. The fraction of sp³-hybridized carbons (Fsp3) is 0.368. The van der Waals surface area contributed by atoms with E-state index in [1.165, 1.54) is 11.3 Å². The molecule has 132 valence electrons. The molecule has 0 atom stereocenters. The van der Waals surface area contributed by atoms with Crippen LogP contribution < -0.4 is 10.5 Å². The lowest BCUT2D eigenvalue weighted by atomic mass is 10.1.